The molecule has 126 valence electrons. The zero-order chi connectivity index (χ0) is 17.2. The first kappa shape index (κ1) is 17.2. The van der Waals surface area contributed by atoms with Crippen LogP contribution in [0.25, 0.3) is 0 Å². The van der Waals surface area contributed by atoms with Crippen molar-refractivity contribution in [3.8, 4) is 0 Å². The van der Waals surface area contributed by atoms with E-state index in [0.29, 0.717) is 12.1 Å². The highest BCUT2D eigenvalue weighted by Crippen LogP contribution is 2.17. The van der Waals surface area contributed by atoms with E-state index in [-0.39, 0.29) is 30.6 Å². The van der Waals surface area contributed by atoms with E-state index in [1.807, 2.05) is 13.8 Å². The van der Waals surface area contributed by atoms with E-state index in [1.165, 1.54) is 23.3 Å². The Morgan fingerprint density at radius 3 is 2.70 bits per heavy atom. The molecule has 8 nitrogen and oxygen atoms in total. The van der Waals surface area contributed by atoms with Gasteiger partial charge in [0.25, 0.3) is 15.9 Å². The Morgan fingerprint density at radius 2 is 2.09 bits per heavy atom. The minimum Gasteiger partial charge on any atom is -0.480 e. The van der Waals surface area contributed by atoms with Crippen LogP contribution in [0.4, 0.5) is 0 Å². The smallest absolute Gasteiger partial charge is 0.323 e. The molecule has 0 saturated heterocycles. The number of carboxylic acids is 1. The van der Waals surface area contributed by atoms with Gasteiger partial charge in [-0.2, -0.15) is 0 Å². The summed E-state index contributed by atoms with van der Waals surface area (Å²) in [7, 11) is -3.45. The van der Waals surface area contributed by atoms with Crippen molar-refractivity contribution < 1.29 is 23.1 Å². The monoisotopic (exact) mass is 341 g/mol. The van der Waals surface area contributed by atoms with Crippen LogP contribution in [0.15, 0.2) is 28.3 Å². The average molecular weight is 341 g/mol. The second-order valence-corrected chi connectivity index (χ2v) is 7.57. The van der Waals surface area contributed by atoms with Gasteiger partial charge in [-0.15, -0.1) is 4.40 Å². The molecule has 0 aromatic heterocycles. The van der Waals surface area contributed by atoms with Crippen LogP contribution in [0.3, 0.4) is 0 Å². The molecule has 0 aliphatic carbocycles. The van der Waals surface area contributed by atoms with E-state index in [1.54, 1.807) is 4.90 Å². The summed E-state index contributed by atoms with van der Waals surface area (Å²) in [4.78, 5) is 26.3. The van der Waals surface area contributed by atoms with Crippen molar-refractivity contribution in [2.24, 2.45) is 10.3 Å². The Bertz CT molecular complexity index is 706. The number of nitrogens with zero attached hydrogens (tertiary/aromatic N) is 3. The molecule has 2 rings (SSSR count). The SMILES string of the molecule is CC(C)CN(CC(=O)O)C(=O)C1=CN2CCS(=O)(=O)N=C2C=C1. The van der Waals surface area contributed by atoms with Crippen LogP contribution in [0.2, 0.25) is 0 Å². The van der Waals surface area contributed by atoms with Crippen molar-refractivity contribution >= 4 is 27.7 Å². The largest absolute Gasteiger partial charge is 0.480 e. The first-order valence-electron chi connectivity index (χ1n) is 7.18. The maximum absolute atomic E-state index is 12.5. The molecular formula is C14H19N3O5S. The molecule has 1 N–H and O–H groups in total. The van der Waals surface area contributed by atoms with E-state index in [9.17, 15) is 18.0 Å². The lowest BCUT2D eigenvalue weighted by Gasteiger charge is -2.29. The molecule has 0 atom stereocenters. The second-order valence-electron chi connectivity index (χ2n) is 5.82. The quantitative estimate of drug-likeness (QED) is 0.757. The van der Waals surface area contributed by atoms with Gasteiger partial charge in [0.2, 0.25) is 0 Å². The molecule has 2 heterocycles. The van der Waals surface area contributed by atoms with Crippen molar-refractivity contribution in [2.45, 2.75) is 13.8 Å². The molecule has 0 radical (unpaired) electrons. The fourth-order valence-corrected chi connectivity index (χ4v) is 3.30. The lowest BCUT2D eigenvalue weighted by molar-refractivity contribution is -0.143. The van der Waals surface area contributed by atoms with Crippen LogP contribution < -0.4 is 0 Å². The molecule has 23 heavy (non-hydrogen) atoms. The first-order valence-corrected chi connectivity index (χ1v) is 8.79. The fourth-order valence-electron chi connectivity index (χ4n) is 2.33. The minimum atomic E-state index is -3.45. The van der Waals surface area contributed by atoms with E-state index >= 15 is 0 Å². The Balaban J connectivity index is 2.21. The molecule has 2 aliphatic heterocycles. The number of amidine groups is 1. The van der Waals surface area contributed by atoms with Crippen LogP contribution in [0.5, 0.6) is 0 Å². The lowest BCUT2D eigenvalue weighted by Crippen LogP contribution is -2.41. The predicted molar refractivity (Wildman–Crippen MR) is 84.2 cm³/mol. The van der Waals surface area contributed by atoms with Crippen molar-refractivity contribution in [2.75, 3.05) is 25.4 Å². The zero-order valence-corrected chi connectivity index (χ0v) is 13.8. The van der Waals surface area contributed by atoms with Gasteiger partial charge < -0.3 is 14.9 Å². The van der Waals surface area contributed by atoms with Crippen LogP contribution in [0, 0.1) is 5.92 Å². The van der Waals surface area contributed by atoms with Gasteiger partial charge in [-0.1, -0.05) is 13.8 Å². The number of rotatable bonds is 5. The number of sulfonamides is 1. The third kappa shape index (κ3) is 4.41. The highest BCUT2D eigenvalue weighted by molar-refractivity contribution is 7.90. The number of amides is 1. The van der Waals surface area contributed by atoms with Gasteiger partial charge in [0.1, 0.15) is 12.4 Å². The first-order chi connectivity index (χ1) is 10.7. The predicted octanol–water partition coefficient (Wildman–Crippen LogP) is 0.0532. The van der Waals surface area contributed by atoms with Crippen molar-refractivity contribution in [1.29, 1.82) is 0 Å². The highest BCUT2D eigenvalue weighted by atomic mass is 32.2. The lowest BCUT2D eigenvalue weighted by atomic mass is 10.1. The Labute approximate surface area is 134 Å². The molecule has 1 amide bonds. The summed E-state index contributed by atoms with van der Waals surface area (Å²) in [6.45, 7) is 3.95. The van der Waals surface area contributed by atoms with Gasteiger partial charge in [0.05, 0.1) is 11.3 Å². The van der Waals surface area contributed by atoms with E-state index < -0.39 is 21.9 Å². The van der Waals surface area contributed by atoms with Gasteiger partial charge in [-0.25, -0.2) is 8.42 Å². The second kappa shape index (κ2) is 6.53. The molecule has 2 aliphatic rings. The molecule has 0 saturated carbocycles. The Morgan fingerprint density at radius 1 is 1.39 bits per heavy atom. The zero-order valence-electron chi connectivity index (χ0n) is 13.0. The van der Waals surface area contributed by atoms with E-state index in [0.717, 1.165) is 0 Å². The van der Waals surface area contributed by atoms with Crippen LogP contribution >= 0.6 is 0 Å². The summed E-state index contributed by atoms with van der Waals surface area (Å²) in [6.07, 6.45) is 4.44. The Hall–Kier alpha value is -2.16. The number of fused-ring (bicyclic) bond motifs is 1. The summed E-state index contributed by atoms with van der Waals surface area (Å²) >= 11 is 0. The number of carboxylic acid groups (broad SMARTS) is 1. The van der Waals surface area contributed by atoms with Gasteiger partial charge in [0.15, 0.2) is 0 Å². The summed E-state index contributed by atoms with van der Waals surface area (Å²) in [5.41, 5.74) is 0.310. The van der Waals surface area contributed by atoms with Gasteiger partial charge in [-0.05, 0) is 18.1 Å². The molecule has 0 bridgehead atoms. The third-order valence-corrected chi connectivity index (χ3v) is 4.43. The number of aliphatic carboxylic acids is 1. The molecule has 0 aromatic carbocycles. The van der Waals surface area contributed by atoms with E-state index in [4.69, 9.17) is 5.11 Å². The molecule has 0 spiro atoms. The molecule has 0 aromatic rings. The summed E-state index contributed by atoms with van der Waals surface area (Å²) < 4.78 is 26.6. The van der Waals surface area contributed by atoms with E-state index in [2.05, 4.69) is 4.40 Å². The number of hydrogen-bond acceptors (Lipinski definition) is 5. The standard InChI is InChI=1S/C14H19N3O5S/c1-10(2)7-17(9-13(18)19)14(20)11-3-4-12-15-23(21,22)6-5-16(12)8-11/h3-4,8,10H,5-7,9H2,1-2H3,(H,18,19). The summed E-state index contributed by atoms with van der Waals surface area (Å²) in [5, 5.41) is 8.96. The van der Waals surface area contributed by atoms with Gasteiger partial charge in [0, 0.05) is 19.3 Å². The van der Waals surface area contributed by atoms with Crippen molar-refractivity contribution in [1.82, 2.24) is 9.80 Å². The highest BCUT2D eigenvalue weighted by Gasteiger charge is 2.27. The van der Waals surface area contributed by atoms with Gasteiger partial charge in [-0.3, -0.25) is 9.59 Å². The van der Waals surface area contributed by atoms with Crippen LogP contribution in [-0.2, 0) is 19.6 Å². The number of hydrogen-bond donors (Lipinski definition) is 1. The van der Waals surface area contributed by atoms with Crippen molar-refractivity contribution in [3.05, 3.63) is 23.9 Å². The van der Waals surface area contributed by atoms with Crippen molar-refractivity contribution in [3.63, 3.8) is 0 Å². The maximum atomic E-state index is 12.5. The average Bonchev–Trinajstić information content (AvgIpc) is 2.43. The Kier molecular flexibility index (Phi) is 4.88. The minimum absolute atomic E-state index is 0.118. The summed E-state index contributed by atoms with van der Waals surface area (Å²) in [6, 6.07) is 0. The number of carbonyl (C=O) groups is 2. The third-order valence-electron chi connectivity index (χ3n) is 3.27. The summed E-state index contributed by atoms with van der Waals surface area (Å²) in [5.74, 6) is -1.20. The fraction of sp³-hybridized carbons (Fsp3) is 0.500. The molecule has 0 unspecified atom stereocenters. The maximum Gasteiger partial charge on any atom is 0.323 e. The number of carbonyl (C=O) groups excluding carboxylic acids is 1. The molecule has 0 fully saturated rings. The van der Waals surface area contributed by atoms with Crippen LogP contribution in [0.1, 0.15) is 13.8 Å². The normalized spacial score (nSPS) is 19.0. The molecule has 9 heteroatoms. The van der Waals surface area contributed by atoms with Gasteiger partial charge >= 0.3 is 5.97 Å². The van der Waals surface area contributed by atoms with Crippen LogP contribution in [-0.4, -0.2) is 66.4 Å². The molecular weight excluding hydrogens is 322 g/mol. The topological polar surface area (TPSA) is 107 Å².